The molecule has 2 aromatic heterocycles. The fourth-order valence-corrected chi connectivity index (χ4v) is 2.93. The van der Waals surface area contributed by atoms with Crippen LogP contribution in [0.1, 0.15) is 30.5 Å². The van der Waals surface area contributed by atoms with Crippen molar-refractivity contribution in [1.82, 2.24) is 9.88 Å². The van der Waals surface area contributed by atoms with Gasteiger partial charge in [0.1, 0.15) is 0 Å². The van der Waals surface area contributed by atoms with Crippen molar-refractivity contribution >= 4 is 22.9 Å². The summed E-state index contributed by atoms with van der Waals surface area (Å²) in [7, 11) is 0. The Morgan fingerprint density at radius 2 is 2.24 bits per heavy atom. The molecule has 4 heteroatoms. The molecule has 0 aliphatic heterocycles. The van der Waals surface area contributed by atoms with Crippen LogP contribution in [-0.4, -0.2) is 4.57 Å². The fourth-order valence-electron chi connectivity index (χ4n) is 1.84. The van der Waals surface area contributed by atoms with Crippen LogP contribution in [0.15, 0.2) is 30.5 Å². The highest BCUT2D eigenvalue weighted by molar-refractivity contribution is 7.16. The summed E-state index contributed by atoms with van der Waals surface area (Å²) in [6.45, 7) is 6.23. The Labute approximate surface area is 111 Å². The molecule has 92 valence electrons. The van der Waals surface area contributed by atoms with Crippen LogP contribution in [0.25, 0.3) is 0 Å². The lowest BCUT2D eigenvalue weighted by Crippen LogP contribution is -2.19. The summed E-state index contributed by atoms with van der Waals surface area (Å²) < 4.78 is 3.10. The van der Waals surface area contributed by atoms with E-state index < -0.39 is 0 Å². The first-order valence-corrected chi connectivity index (χ1v) is 7.02. The molecule has 1 atom stereocenters. The summed E-state index contributed by atoms with van der Waals surface area (Å²) in [6.07, 6.45) is 2.11. The maximum Gasteiger partial charge on any atom is 0.0931 e. The van der Waals surface area contributed by atoms with Crippen molar-refractivity contribution in [2.45, 2.75) is 33.0 Å². The van der Waals surface area contributed by atoms with E-state index in [1.807, 2.05) is 6.07 Å². The summed E-state index contributed by atoms with van der Waals surface area (Å²) in [6, 6.07) is 8.63. The third-order valence-electron chi connectivity index (χ3n) is 2.87. The third-order valence-corrected chi connectivity index (χ3v) is 4.29. The predicted octanol–water partition coefficient (Wildman–Crippen LogP) is 4.07. The molecule has 0 fully saturated rings. The van der Waals surface area contributed by atoms with Gasteiger partial charge in [-0.1, -0.05) is 11.6 Å². The number of rotatable bonds is 5. The standard InChI is InChI=1S/C13H17ClN2S/c1-3-16-8-4-5-11(16)9-15-10(2)12-6-7-13(14)17-12/h4-8,10,15H,3,9H2,1-2H3. The summed E-state index contributed by atoms with van der Waals surface area (Å²) in [5, 5.41) is 3.52. The lowest BCUT2D eigenvalue weighted by Gasteiger charge is -2.13. The Hall–Kier alpha value is -0.770. The maximum absolute atomic E-state index is 5.94. The number of hydrogen-bond donors (Lipinski definition) is 1. The van der Waals surface area contributed by atoms with Gasteiger partial charge in [-0.05, 0) is 38.1 Å². The van der Waals surface area contributed by atoms with Crippen LogP contribution in [0.4, 0.5) is 0 Å². The van der Waals surface area contributed by atoms with Gasteiger partial charge in [0.15, 0.2) is 0 Å². The highest BCUT2D eigenvalue weighted by Gasteiger charge is 2.08. The van der Waals surface area contributed by atoms with Gasteiger partial charge < -0.3 is 9.88 Å². The molecular weight excluding hydrogens is 252 g/mol. The second-order valence-electron chi connectivity index (χ2n) is 4.03. The molecule has 0 saturated carbocycles. The van der Waals surface area contributed by atoms with E-state index in [1.165, 1.54) is 10.6 Å². The summed E-state index contributed by atoms with van der Waals surface area (Å²) in [5.74, 6) is 0. The molecule has 1 unspecified atom stereocenters. The smallest absolute Gasteiger partial charge is 0.0931 e. The number of halogens is 1. The Balaban J connectivity index is 1.94. The first kappa shape index (κ1) is 12.7. The molecule has 0 aliphatic carbocycles. The molecular formula is C13H17ClN2S. The van der Waals surface area contributed by atoms with E-state index in [4.69, 9.17) is 11.6 Å². The minimum Gasteiger partial charge on any atom is -0.351 e. The molecule has 0 radical (unpaired) electrons. The van der Waals surface area contributed by atoms with Crippen molar-refractivity contribution in [2.75, 3.05) is 0 Å². The van der Waals surface area contributed by atoms with Crippen molar-refractivity contribution in [2.24, 2.45) is 0 Å². The zero-order valence-corrected chi connectivity index (χ0v) is 11.7. The molecule has 0 amide bonds. The highest BCUT2D eigenvalue weighted by atomic mass is 35.5. The zero-order valence-electron chi connectivity index (χ0n) is 10.1. The van der Waals surface area contributed by atoms with Crippen molar-refractivity contribution in [1.29, 1.82) is 0 Å². The Morgan fingerprint density at radius 1 is 1.41 bits per heavy atom. The number of hydrogen-bond acceptors (Lipinski definition) is 2. The quantitative estimate of drug-likeness (QED) is 0.865. The lowest BCUT2D eigenvalue weighted by molar-refractivity contribution is 0.556. The van der Waals surface area contributed by atoms with Crippen LogP contribution in [0.5, 0.6) is 0 Å². The van der Waals surface area contributed by atoms with Gasteiger partial charge in [0.05, 0.1) is 4.34 Å². The number of nitrogens with zero attached hydrogens (tertiary/aromatic N) is 1. The van der Waals surface area contributed by atoms with Gasteiger partial charge >= 0.3 is 0 Å². The monoisotopic (exact) mass is 268 g/mol. The average Bonchev–Trinajstić information content (AvgIpc) is 2.94. The van der Waals surface area contributed by atoms with E-state index in [1.54, 1.807) is 11.3 Å². The number of nitrogens with one attached hydrogen (secondary N) is 1. The van der Waals surface area contributed by atoms with Crippen molar-refractivity contribution < 1.29 is 0 Å². The summed E-state index contributed by atoms with van der Waals surface area (Å²) in [5.41, 5.74) is 1.32. The molecule has 0 aromatic carbocycles. The topological polar surface area (TPSA) is 17.0 Å². The Morgan fingerprint density at radius 3 is 2.88 bits per heavy atom. The van der Waals surface area contributed by atoms with E-state index in [-0.39, 0.29) is 0 Å². The SMILES string of the molecule is CCn1cccc1CNC(C)c1ccc(Cl)s1. The van der Waals surface area contributed by atoms with Gasteiger partial charge in [-0.25, -0.2) is 0 Å². The van der Waals surface area contributed by atoms with Crippen LogP contribution < -0.4 is 5.32 Å². The molecule has 2 rings (SSSR count). The van der Waals surface area contributed by atoms with Crippen molar-refractivity contribution in [3.63, 3.8) is 0 Å². The molecule has 0 saturated heterocycles. The van der Waals surface area contributed by atoms with Crippen LogP contribution in [0.3, 0.4) is 0 Å². The Bertz CT molecular complexity index is 475. The van der Waals surface area contributed by atoms with Crippen LogP contribution in [-0.2, 0) is 13.1 Å². The van der Waals surface area contributed by atoms with Crippen molar-refractivity contribution in [3.8, 4) is 0 Å². The van der Waals surface area contributed by atoms with E-state index >= 15 is 0 Å². The molecule has 0 spiro atoms. The third kappa shape index (κ3) is 3.12. The molecule has 17 heavy (non-hydrogen) atoms. The minimum absolute atomic E-state index is 0.340. The van der Waals surface area contributed by atoms with Crippen LogP contribution in [0, 0.1) is 0 Å². The zero-order chi connectivity index (χ0) is 12.3. The molecule has 2 nitrogen and oxygen atoms in total. The van der Waals surface area contributed by atoms with E-state index in [9.17, 15) is 0 Å². The summed E-state index contributed by atoms with van der Waals surface area (Å²) >= 11 is 7.58. The second kappa shape index (κ2) is 5.71. The molecule has 0 bridgehead atoms. The second-order valence-corrected chi connectivity index (χ2v) is 5.78. The fraction of sp³-hybridized carbons (Fsp3) is 0.385. The average molecular weight is 269 g/mol. The first-order chi connectivity index (χ1) is 8.20. The summed E-state index contributed by atoms with van der Waals surface area (Å²) in [4.78, 5) is 1.28. The molecule has 2 aromatic rings. The lowest BCUT2D eigenvalue weighted by atomic mass is 10.2. The van der Waals surface area contributed by atoms with E-state index in [2.05, 4.69) is 48.1 Å². The van der Waals surface area contributed by atoms with Gasteiger partial charge in [0, 0.05) is 35.9 Å². The number of aromatic nitrogens is 1. The van der Waals surface area contributed by atoms with Crippen LogP contribution >= 0.6 is 22.9 Å². The van der Waals surface area contributed by atoms with Crippen LogP contribution in [0.2, 0.25) is 4.34 Å². The predicted molar refractivity (Wildman–Crippen MR) is 74.7 cm³/mol. The van der Waals surface area contributed by atoms with E-state index in [0.717, 1.165) is 17.4 Å². The van der Waals surface area contributed by atoms with Gasteiger partial charge in [0.25, 0.3) is 0 Å². The van der Waals surface area contributed by atoms with Gasteiger partial charge in [-0.3, -0.25) is 0 Å². The number of thiophene rings is 1. The van der Waals surface area contributed by atoms with Crippen molar-refractivity contribution in [3.05, 3.63) is 45.4 Å². The van der Waals surface area contributed by atoms with Gasteiger partial charge in [0.2, 0.25) is 0 Å². The molecule has 2 heterocycles. The van der Waals surface area contributed by atoms with E-state index in [0.29, 0.717) is 6.04 Å². The minimum atomic E-state index is 0.340. The van der Waals surface area contributed by atoms with Gasteiger partial charge in [-0.2, -0.15) is 0 Å². The molecule has 0 aliphatic rings. The number of aryl methyl sites for hydroxylation is 1. The maximum atomic E-state index is 5.94. The molecule has 1 N–H and O–H groups in total. The highest BCUT2D eigenvalue weighted by Crippen LogP contribution is 2.26. The largest absolute Gasteiger partial charge is 0.351 e. The normalized spacial score (nSPS) is 12.9. The van der Waals surface area contributed by atoms with Gasteiger partial charge in [-0.15, -0.1) is 11.3 Å². The first-order valence-electron chi connectivity index (χ1n) is 5.83. The Kier molecular flexibility index (Phi) is 4.26.